The van der Waals surface area contributed by atoms with Gasteiger partial charge in [-0.15, -0.1) is 0 Å². The second kappa shape index (κ2) is 15.4. The molecule has 0 unspecified atom stereocenters. The number of ether oxygens (including phenoxy) is 1. The number of nitrogens with zero attached hydrogens (tertiary/aromatic N) is 3. The van der Waals surface area contributed by atoms with Gasteiger partial charge in [-0.3, -0.25) is 19.2 Å². The molecule has 49 heavy (non-hydrogen) atoms. The quantitative estimate of drug-likeness (QED) is 0.216. The number of fused-ring (bicyclic) bond motifs is 1. The van der Waals surface area contributed by atoms with Crippen LogP contribution in [0.2, 0.25) is 5.02 Å². The van der Waals surface area contributed by atoms with Crippen LogP contribution in [0.1, 0.15) is 40.9 Å². The van der Waals surface area contributed by atoms with Crippen molar-refractivity contribution in [2.75, 3.05) is 44.2 Å². The number of hydrogen-bond acceptors (Lipinski definition) is 7. The molecular weight excluding hydrogens is 644 g/mol. The van der Waals surface area contributed by atoms with Crippen LogP contribution in [0.15, 0.2) is 94.7 Å². The zero-order valence-electron chi connectivity index (χ0n) is 27.2. The molecule has 3 amide bonds. The van der Waals surface area contributed by atoms with Crippen molar-refractivity contribution in [2.24, 2.45) is 0 Å². The van der Waals surface area contributed by atoms with E-state index in [0.29, 0.717) is 49.9 Å². The highest BCUT2D eigenvalue weighted by Crippen LogP contribution is 2.26. The molecule has 1 aromatic heterocycles. The lowest BCUT2D eigenvalue weighted by atomic mass is 10.0. The maximum Gasteiger partial charge on any atom is 0.287 e. The van der Waals surface area contributed by atoms with E-state index < -0.39 is 17.4 Å². The Morgan fingerprint density at radius 2 is 1.73 bits per heavy atom. The summed E-state index contributed by atoms with van der Waals surface area (Å²) in [6.45, 7) is 7.33. The lowest BCUT2D eigenvalue weighted by Gasteiger charge is -2.39. The number of carbonyl (C=O) groups is 3. The van der Waals surface area contributed by atoms with Crippen LogP contribution >= 0.6 is 11.6 Å². The fourth-order valence-corrected chi connectivity index (χ4v) is 6.48. The minimum absolute atomic E-state index is 0.191. The number of para-hydroxylation sites is 1. The maximum atomic E-state index is 14.1. The lowest BCUT2D eigenvalue weighted by Crippen LogP contribution is -2.55. The van der Waals surface area contributed by atoms with Gasteiger partial charge in [0.25, 0.3) is 5.91 Å². The van der Waals surface area contributed by atoms with E-state index in [9.17, 15) is 19.2 Å². The van der Waals surface area contributed by atoms with Gasteiger partial charge in [-0.05, 0) is 60.4 Å². The van der Waals surface area contributed by atoms with E-state index >= 15 is 0 Å². The predicted molar refractivity (Wildman–Crippen MR) is 189 cm³/mol. The predicted octanol–water partition coefficient (Wildman–Crippen LogP) is 5.21. The number of benzene rings is 3. The molecule has 11 heteroatoms. The van der Waals surface area contributed by atoms with Crippen molar-refractivity contribution in [2.45, 2.75) is 38.3 Å². The molecule has 6 rings (SSSR count). The Hall–Kier alpha value is -5.09. The summed E-state index contributed by atoms with van der Waals surface area (Å²) in [5, 5.41) is 3.68. The molecule has 0 bridgehead atoms. The van der Waals surface area contributed by atoms with E-state index in [1.54, 1.807) is 41.3 Å². The number of rotatable bonds is 11. The Morgan fingerprint density at radius 3 is 2.49 bits per heavy atom. The summed E-state index contributed by atoms with van der Waals surface area (Å²) < 4.78 is 11.4. The fraction of sp³-hybridized carbons (Fsp3) is 0.316. The molecule has 1 atom stereocenters. The molecule has 4 aromatic rings. The van der Waals surface area contributed by atoms with E-state index in [0.717, 1.165) is 42.3 Å². The largest absolute Gasteiger partial charge is 0.490 e. The first-order chi connectivity index (χ1) is 23.8. The van der Waals surface area contributed by atoms with Crippen molar-refractivity contribution in [3.8, 4) is 5.75 Å². The zero-order valence-corrected chi connectivity index (χ0v) is 28.0. The molecule has 2 saturated heterocycles. The molecule has 0 radical (unpaired) electrons. The molecule has 3 aromatic carbocycles. The molecule has 10 nitrogen and oxygen atoms in total. The van der Waals surface area contributed by atoms with Gasteiger partial charge in [-0.2, -0.15) is 0 Å². The molecule has 0 spiro atoms. The minimum Gasteiger partial charge on any atom is -0.490 e. The molecule has 1 N–H and O–H groups in total. The summed E-state index contributed by atoms with van der Waals surface area (Å²) in [5.74, 6) is -0.428. The number of likely N-dealkylation sites (tertiary alicyclic amines) is 1. The van der Waals surface area contributed by atoms with E-state index in [1.807, 2.05) is 29.2 Å². The van der Waals surface area contributed by atoms with Crippen LogP contribution in [0.5, 0.6) is 5.75 Å². The summed E-state index contributed by atoms with van der Waals surface area (Å²) in [7, 11) is 0. The van der Waals surface area contributed by atoms with Crippen LogP contribution in [0, 0.1) is 0 Å². The van der Waals surface area contributed by atoms with E-state index in [1.165, 1.54) is 0 Å². The Labute approximate surface area is 289 Å². The van der Waals surface area contributed by atoms with Gasteiger partial charge in [-0.25, -0.2) is 0 Å². The van der Waals surface area contributed by atoms with Gasteiger partial charge in [0.15, 0.2) is 11.2 Å². The van der Waals surface area contributed by atoms with Crippen LogP contribution < -0.4 is 20.4 Å². The topological polar surface area (TPSA) is 112 Å². The smallest absolute Gasteiger partial charge is 0.287 e. The normalized spacial score (nSPS) is 15.6. The van der Waals surface area contributed by atoms with Gasteiger partial charge in [0, 0.05) is 68.9 Å². The summed E-state index contributed by atoms with van der Waals surface area (Å²) in [6.07, 6.45) is 4.37. The van der Waals surface area contributed by atoms with Crippen molar-refractivity contribution in [1.29, 1.82) is 0 Å². The molecular formula is C38H39ClN4O6. The maximum absolute atomic E-state index is 14.1. The van der Waals surface area contributed by atoms with E-state index in [4.69, 9.17) is 20.8 Å². The van der Waals surface area contributed by atoms with Gasteiger partial charge in [0.2, 0.25) is 11.8 Å². The van der Waals surface area contributed by atoms with Crippen molar-refractivity contribution in [3.05, 3.63) is 118 Å². The molecule has 0 aliphatic carbocycles. The third kappa shape index (κ3) is 8.14. The van der Waals surface area contributed by atoms with Crippen LogP contribution in [0.4, 0.5) is 5.69 Å². The van der Waals surface area contributed by atoms with Gasteiger partial charge >= 0.3 is 0 Å². The van der Waals surface area contributed by atoms with Crippen molar-refractivity contribution < 1.29 is 23.5 Å². The third-order valence-corrected chi connectivity index (χ3v) is 9.20. The standard InChI is InChI=1S/C38H39ClN4O6/c1-2-21-48-29-14-15-34-30(23-29)33(44)24-35(49-34)37(46)40-31(22-26-10-12-28(39)13-11-26)38(47)42-19-17-41(18-20-42)32-8-4-3-7-27(32)25-43-16-6-5-9-36(43)45/h2-4,7-8,10-15,23-24,31H,1,5-6,9,16-22,25H2,(H,40,46)/t31-/m1/s1. The number of halogens is 1. The summed E-state index contributed by atoms with van der Waals surface area (Å²) >= 11 is 6.11. The minimum atomic E-state index is -0.923. The average Bonchev–Trinajstić information content (AvgIpc) is 3.12. The first-order valence-corrected chi connectivity index (χ1v) is 16.9. The third-order valence-electron chi connectivity index (χ3n) is 8.95. The number of carbonyl (C=O) groups excluding carboxylic acids is 3. The molecule has 254 valence electrons. The Kier molecular flexibility index (Phi) is 10.6. The Balaban J connectivity index is 1.17. The number of piperazine rings is 1. The molecule has 0 saturated carbocycles. The average molecular weight is 683 g/mol. The van der Waals surface area contributed by atoms with Crippen LogP contribution in [-0.4, -0.2) is 72.9 Å². The van der Waals surface area contributed by atoms with Crippen LogP contribution in [-0.2, 0) is 22.6 Å². The highest BCUT2D eigenvalue weighted by molar-refractivity contribution is 6.30. The second-order valence-electron chi connectivity index (χ2n) is 12.3. The van der Waals surface area contributed by atoms with Gasteiger partial charge in [0.05, 0.1) is 5.39 Å². The highest BCUT2D eigenvalue weighted by Gasteiger charge is 2.31. The molecule has 2 aliphatic heterocycles. The van der Waals surface area contributed by atoms with Crippen molar-refractivity contribution >= 4 is 46.0 Å². The Morgan fingerprint density at radius 1 is 0.959 bits per heavy atom. The number of piperidine rings is 1. The number of nitrogens with one attached hydrogen (secondary N) is 1. The first kappa shape index (κ1) is 33.8. The summed E-state index contributed by atoms with van der Waals surface area (Å²) in [5.41, 5.74) is 2.78. The first-order valence-electron chi connectivity index (χ1n) is 16.6. The van der Waals surface area contributed by atoms with Crippen molar-refractivity contribution in [3.63, 3.8) is 0 Å². The Bertz CT molecular complexity index is 1900. The van der Waals surface area contributed by atoms with Gasteiger partial charge < -0.3 is 29.2 Å². The summed E-state index contributed by atoms with van der Waals surface area (Å²) in [4.78, 5) is 59.0. The van der Waals surface area contributed by atoms with Crippen molar-refractivity contribution in [1.82, 2.24) is 15.1 Å². The van der Waals surface area contributed by atoms with Gasteiger partial charge in [-0.1, -0.05) is 54.6 Å². The number of hydrogen-bond donors (Lipinski definition) is 1. The fourth-order valence-electron chi connectivity index (χ4n) is 6.35. The highest BCUT2D eigenvalue weighted by atomic mass is 35.5. The SMILES string of the molecule is C=CCOc1ccc2oc(C(=O)N[C@H](Cc3ccc(Cl)cc3)C(=O)N3CCN(c4ccccc4CN4CCCCC4=O)CC3)cc(=O)c2c1. The number of anilines is 1. The van der Waals surface area contributed by atoms with E-state index in [-0.39, 0.29) is 41.6 Å². The van der Waals surface area contributed by atoms with Crippen LogP contribution in [0.3, 0.4) is 0 Å². The van der Waals surface area contributed by atoms with Crippen LogP contribution in [0.25, 0.3) is 11.0 Å². The molecule has 2 fully saturated rings. The lowest BCUT2D eigenvalue weighted by molar-refractivity contribution is -0.134. The monoisotopic (exact) mass is 682 g/mol. The second-order valence-corrected chi connectivity index (χ2v) is 12.7. The molecule has 2 aliphatic rings. The summed E-state index contributed by atoms with van der Waals surface area (Å²) in [6, 6.07) is 20.2. The number of amides is 3. The zero-order chi connectivity index (χ0) is 34.3. The van der Waals surface area contributed by atoms with Gasteiger partial charge in [0.1, 0.15) is 24.0 Å². The van der Waals surface area contributed by atoms with E-state index in [2.05, 4.69) is 28.9 Å². The molecule has 3 heterocycles.